The summed E-state index contributed by atoms with van der Waals surface area (Å²) in [5.41, 5.74) is 2.82. The quantitative estimate of drug-likeness (QED) is 0.666. The van der Waals surface area contributed by atoms with Crippen LogP contribution in [0.4, 0.5) is 0 Å². The second kappa shape index (κ2) is 6.69. The van der Waals surface area contributed by atoms with E-state index in [0.717, 1.165) is 25.1 Å². The third-order valence-electron chi connectivity index (χ3n) is 4.04. The highest BCUT2D eigenvalue weighted by atomic mass is 32.1. The Labute approximate surface area is 133 Å². The standard InChI is InChI=1S/C18H25NOS/c1-18(2,3)15-9-11-19(12-10-15)17(20)16(21)13-14-7-5-4-6-8-14/h4-9,16,21H,10-13H2,1-3H3. The van der Waals surface area contributed by atoms with Crippen LogP contribution in [0.15, 0.2) is 42.0 Å². The molecule has 21 heavy (non-hydrogen) atoms. The SMILES string of the molecule is CC(C)(C)C1=CCN(C(=O)C(S)Cc2ccccc2)CC1. The Morgan fingerprint density at radius 2 is 1.95 bits per heavy atom. The number of rotatable bonds is 3. The molecule has 1 atom stereocenters. The molecule has 2 rings (SSSR count). The minimum Gasteiger partial charge on any atom is -0.338 e. The molecule has 1 aliphatic rings. The Morgan fingerprint density at radius 3 is 2.48 bits per heavy atom. The lowest BCUT2D eigenvalue weighted by Gasteiger charge is -2.33. The predicted octanol–water partition coefficient (Wildman–Crippen LogP) is 3.73. The van der Waals surface area contributed by atoms with E-state index in [1.165, 1.54) is 5.57 Å². The summed E-state index contributed by atoms with van der Waals surface area (Å²) in [5.74, 6) is 0.145. The zero-order chi connectivity index (χ0) is 15.5. The largest absolute Gasteiger partial charge is 0.338 e. The van der Waals surface area contributed by atoms with Crippen molar-refractivity contribution >= 4 is 18.5 Å². The van der Waals surface area contributed by atoms with E-state index >= 15 is 0 Å². The van der Waals surface area contributed by atoms with Gasteiger partial charge in [-0.05, 0) is 23.8 Å². The van der Waals surface area contributed by atoms with Crippen molar-refractivity contribution in [1.82, 2.24) is 4.90 Å². The fourth-order valence-electron chi connectivity index (χ4n) is 2.69. The van der Waals surface area contributed by atoms with Gasteiger partial charge in [-0.1, -0.05) is 62.8 Å². The van der Waals surface area contributed by atoms with Crippen molar-refractivity contribution in [2.45, 2.75) is 38.9 Å². The average Bonchev–Trinajstić information content (AvgIpc) is 2.46. The number of hydrogen-bond donors (Lipinski definition) is 1. The van der Waals surface area contributed by atoms with Gasteiger partial charge in [-0.25, -0.2) is 0 Å². The summed E-state index contributed by atoms with van der Waals surface area (Å²) >= 11 is 4.51. The molecule has 0 spiro atoms. The van der Waals surface area contributed by atoms with E-state index in [9.17, 15) is 4.79 Å². The topological polar surface area (TPSA) is 20.3 Å². The Hall–Kier alpha value is -1.22. The third kappa shape index (κ3) is 4.37. The fourth-order valence-corrected chi connectivity index (χ4v) is 3.06. The number of hydrogen-bond acceptors (Lipinski definition) is 2. The van der Waals surface area contributed by atoms with E-state index in [0.29, 0.717) is 6.42 Å². The number of amides is 1. The van der Waals surface area contributed by atoms with Gasteiger partial charge in [0.1, 0.15) is 0 Å². The van der Waals surface area contributed by atoms with Crippen molar-refractivity contribution in [2.24, 2.45) is 5.41 Å². The van der Waals surface area contributed by atoms with Gasteiger partial charge in [-0.3, -0.25) is 4.79 Å². The molecule has 0 fully saturated rings. The first-order valence-corrected chi connectivity index (χ1v) is 8.10. The Morgan fingerprint density at radius 1 is 1.29 bits per heavy atom. The van der Waals surface area contributed by atoms with Crippen LogP contribution in [0, 0.1) is 5.41 Å². The Bertz CT molecular complexity index is 516. The van der Waals surface area contributed by atoms with Gasteiger partial charge in [0.15, 0.2) is 0 Å². The Kier molecular flexibility index (Phi) is 5.15. The molecule has 0 bridgehead atoms. The van der Waals surface area contributed by atoms with Gasteiger partial charge in [0, 0.05) is 13.1 Å². The summed E-state index contributed by atoms with van der Waals surface area (Å²) in [5, 5.41) is -0.253. The molecule has 0 aromatic heterocycles. The van der Waals surface area contributed by atoms with Crippen LogP contribution in [0.1, 0.15) is 32.8 Å². The molecular formula is C18H25NOS. The van der Waals surface area contributed by atoms with E-state index in [1.54, 1.807) is 0 Å². The maximum atomic E-state index is 12.5. The molecule has 1 unspecified atom stereocenters. The zero-order valence-corrected chi connectivity index (χ0v) is 14.1. The summed E-state index contributed by atoms with van der Waals surface area (Å²) in [6.45, 7) is 8.22. The van der Waals surface area contributed by atoms with E-state index in [2.05, 4.69) is 39.5 Å². The summed E-state index contributed by atoms with van der Waals surface area (Å²) in [4.78, 5) is 14.4. The number of nitrogens with zero attached hydrogens (tertiary/aromatic N) is 1. The maximum Gasteiger partial charge on any atom is 0.236 e. The fraction of sp³-hybridized carbons (Fsp3) is 0.500. The van der Waals surface area contributed by atoms with Gasteiger partial charge < -0.3 is 4.90 Å². The summed E-state index contributed by atoms with van der Waals surface area (Å²) in [7, 11) is 0. The molecule has 0 aliphatic carbocycles. The second-order valence-corrected chi connectivity index (χ2v) is 7.34. The summed E-state index contributed by atoms with van der Waals surface area (Å²) < 4.78 is 0. The van der Waals surface area contributed by atoms with Crippen LogP contribution in [-0.4, -0.2) is 29.1 Å². The lowest BCUT2D eigenvalue weighted by atomic mass is 9.83. The van der Waals surface area contributed by atoms with Gasteiger partial charge in [-0.2, -0.15) is 12.6 Å². The van der Waals surface area contributed by atoms with Crippen LogP contribution in [0.2, 0.25) is 0 Å². The molecule has 1 heterocycles. The van der Waals surface area contributed by atoms with Crippen molar-refractivity contribution in [3.05, 3.63) is 47.5 Å². The molecule has 1 aliphatic heterocycles. The molecule has 2 nitrogen and oxygen atoms in total. The smallest absolute Gasteiger partial charge is 0.236 e. The Balaban J connectivity index is 1.94. The second-order valence-electron chi connectivity index (χ2n) is 6.72. The first-order valence-electron chi connectivity index (χ1n) is 7.58. The predicted molar refractivity (Wildman–Crippen MR) is 91.7 cm³/mol. The van der Waals surface area contributed by atoms with Crippen LogP contribution in [-0.2, 0) is 11.2 Å². The number of benzene rings is 1. The molecule has 1 amide bonds. The molecular weight excluding hydrogens is 278 g/mol. The van der Waals surface area contributed by atoms with Crippen LogP contribution < -0.4 is 0 Å². The highest BCUT2D eigenvalue weighted by molar-refractivity contribution is 7.81. The lowest BCUT2D eigenvalue weighted by Crippen LogP contribution is -2.41. The van der Waals surface area contributed by atoms with Crippen LogP contribution >= 0.6 is 12.6 Å². The zero-order valence-electron chi connectivity index (χ0n) is 13.2. The minimum atomic E-state index is -0.253. The van der Waals surface area contributed by atoms with Gasteiger partial charge in [0.25, 0.3) is 0 Å². The van der Waals surface area contributed by atoms with Crippen molar-refractivity contribution < 1.29 is 4.79 Å². The average molecular weight is 303 g/mol. The molecule has 0 saturated heterocycles. The minimum absolute atomic E-state index is 0.145. The molecule has 1 aromatic carbocycles. The van der Waals surface area contributed by atoms with Crippen LogP contribution in [0.3, 0.4) is 0 Å². The van der Waals surface area contributed by atoms with Crippen LogP contribution in [0.5, 0.6) is 0 Å². The van der Waals surface area contributed by atoms with Gasteiger partial charge >= 0.3 is 0 Å². The monoisotopic (exact) mass is 303 g/mol. The summed E-state index contributed by atoms with van der Waals surface area (Å²) in [6.07, 6.45) is 3.88. The molecule has 0 N–H and O–H groups in total. The van der Waals surface area contributed by atoms with Crippen molar-refractivity contribution in [2.75, 3.05) is 13.1 Å². The molecule has 0 saturated carbocycles. The number of thiol groups is 1. The van der Waals surface area contributed by atoms with Crippen molar-refractivity contribution in [3.63, 3.8) is 0 Å². The van der Waals surface area contributed by atoms with Crippen LogP contribution in [0.25, 0.3) is 0 Å². The summed E-state index contributed by atoms with van der Waals surface area (Å²) in [6, 6.07) is 10.1. The highest BCUT2D eigenvalue weighted by Crippen LogP contribution is 2.30. The first-order chi connectivity index (χ1) is 9.88. The van der Waals surface area contributed by atoms with Gasteiger partial charge in [-0.15, -0.1) is 0 Å². The van der Waals surface area contributed by atoms with Gasteiger partial charge in [0.05, 0.1) is 5.25 Å². The van der Waals surface area contributed by atoms with E-state index < -0.39 is 0 Å². The van der Waals surface area contributed by atoms with E-state index in [1.807, 2.05) is 35.2 Å². The van der Waals surface area contributed by atoms with E-state index in [-0.39, 0.29) is 16.6 Å². The van der Waals surface area contributed by atoms with Crippen molar-refractivity contribution in [3.8, 4) is 0 Å². The molecule has 3 heteroatoms. The molecule has 1 aromatic rings. The number of carbonyl (C=O) groups excluding carboxylic acids is 1. The number of carbonyl (C=O) groups is 1. The maximum absolute atomic E-state index is 12.5. The normalized spacial score (nSPS) is 17.3. The third-order valence-corrected chi connectivity index (χ3v) is 4.44. The van der Waals surface area contributed by atoms with Gasteiger partial charge in [0.2, 0.25) is 5.91 Å². The lowest BCUT2D eigenvalue weighted by molar-refractivity contribution is -0.130. The van der Waals surface area contributed by atoms with Crippen molar-refractivity contribution in [1.29, 1.82) is 0 Å². The highest BCUT2D eigenvalue weighted by Gasteiger charge is 2.26. The molecule has 0 radical (unpaired) electrons. The first kappa shape index (κ1) is 16.2. The molecule has 114 valence electrons. The van der Waals surface area contributed by atoms with E-state index in [4.69, 9.17) is 0 Å².